The van der Waals surface area contributed by atoms with Crippen LogP contribution in [0.25, 0.3) is 0 Å². The van der Waals surface area contributed by atoms with Gasteiger partial charge in [0.15, 0.2) is 9.84 Å². The SMILES string of the molecule is O=C1OC(=O)C2C3CS(=O)(=O)CC3C12. The third-order valence-corrected chi connectivity index (χ3v) is 5.28. The molecule has 3 aliphatic rings. The van der Waals surface area contributed by atoms with Gasteiger partial charge in [-0.1, -0.05) is 0 Å². The molecule has 4 unspecified atom stereocenters. The Balaban J connectivity index is 1.98. The van der Waals surface area contributed by atoms with Crippen LogP contribution in [0.1, 0.15) is 0 Å². The van der Waals surface area contributed by atoms with E-state index in [4.69, 9.17) is 0 Å². The minimum Gasteiger partial charge on any atom is -0.393 e. The zero-order chi connectivity index (χ0) is 10.1. The van der Waals surface area contributed by atoms with Gasteiger partial charge in [0.05, 0.1) is 23.3 Å². The van der Waals surface area contributed by atoms with Gasteiger partial charge in [-0.2, -0.15) is 0 Å². The van der Waals surface area contributed by atoms with Gasteiger partial charge in [-0.3, -0.25) is 9.59 Å². The maximum atomic E-state index is 11.3. The molecule has 3 fully saturated rings. The maximum Gasteiger partial charge on any atom is 0.317 e. The summed E-state index contributed by atoms with van der Waals surface area (Å²) in [4.78, 5) is 22.3. The van der Waals surface area contributed by atoms with E-state index in [-0.39, 0.29) is 23.3 Å². The van der Waals surface area contributed by atoms with E-state index in [0.29, 0.717) is 0 Å². The topological polar surface area (TPSA) is 77.5 Å². The molecule has 0 aromatic carbocycles. The number of fused-ring (bicyclic) bond motifs is 4. The second-order valence-electron chi connectivity index (χ2n) is 4.20. The predicted octanol–water partition coefficient (Wildman–Crippen LogP) is -1.02. The summed E-state index contributed by atoms with van der Waals surface area (Å²) >= 11 is 0. The summed E-state index contributed by atoms with van der Waals surface area (Å²) < 4.78 is 27.0. The van der Waals surface area contributed by atoms with Crippen LogP contribution in [0, 0.1) is 23.7 Å². The Morgan fingerprint density at radius 3 is 1.86 bits per heavy atom. The van der Waals surface area contributed by atoms with Crippen LogP contribution < -0.4 is 0 Å². The molecule has 1 saturated carbocycles. The zero-order valence-electron chi connectivity index (χ0n) is 7.17. The molecule has 0 aromatic heterocycles. The van der Waals surface area contributed by atoms with E-state index >= 15 is 0 Å². The molecule has 3 rings (SSSR count). The van der Waals surface area contributed by atoms with Crippen molar-refractivity contribution in [1.82, 2.24) is 0 Å². The molecule has 0 N–H and O–H groups in total. The lowest BCUT2D eigenvalue weighted by Crippen LogP contribution is -2.47. The van der Waals surface area contributed by atoms with Crippen molar-refractivity contribution in [2.45, 2.75) is 0 Å². The minimum atomic E-state index is -3.03. The number of ether oxygens (including phenoxy) is 1. The van der Waals surface area contributed by atoms with Gasteiger partial charge in [0.25, 0.3) is 0 Å². The summed E-state index contributed by atoms with van der Waals surface area (Å²) in [6, 6.07) is 0. The van der Waals surface area contributed by atoms with Crippen molar-refractivity contribution in [1.29, 1.82) is 0 Å². The average molecular weight is 216 g/mol. The van der Waals surface area contributed by atoms with E-state index in [0.717, 1.165) is 0 Å². The number of sulfone groups is 1. The fourth-order valence-electron chi connectivity index (χ4n) is 2.91. The molecule has 0 bridgehead atoms. The van der Waals surface area contributed by atoms with Crippen LogP contribution in [0.4, 0.5) is 0 Å². The summed E-state index contributed by atoms with van der Waals surface area (Å²) in [6.45, 7) is 0. The molecule has 2 aliphatic heterocycles. The van der Waals surface area contributed by atoms with E-state index < -0.39 is 33.6 Å². The Bertz CT molecular complexity index is 403. The van der Waals surface area contributed by atoms with Gasteiger partial charge < -0.3 is 4.74 Å². The largest absolute Gasteiger partial charge is 0.393 e. The third-order valence-electron chi connectivity index (χ3n) is 3.50. The molecule has 2 saturated heterocycles. The van der Waals surface area contributed by atoms with Crippen LogP contribution in [0.5, 0.6) is 0 Å². The fraction of sp³-hybridized carbons (Fsp3) is 0.750. The summed E-state index contributed by atoms with van der Waals surface area (Å²) in [6.07, 6.45) is 0. The number of esters is 2. The van der Waals surface area contributed by atoms with Crippen LogP contribution in [0.3, 0.4) is 0 Å². The molecular formula is C8H8O5S. The van der Waals surface area contributed by atoms with Crippen molar-refractivity contribution < 1.29 is 22.7 Å². The van der Waals surface area contributed by atoms with Crippen LogP contribution in [0.15, 0.2) is 0 Å². The Hall–Kier alpha value is -0.910. The van der Waals surface area contributed by atoms with Crippen molar-refractivity contribution in [3.05, 3.63) is 0 Å². The van der Waals surface area contributed by atoms with Crippen molar-refractivity contribution in [2.24, 2.45) is 23.7 Å². The fourth-order valence-corrected chi connectivity index (χ4v) is 5.12. The molecule has 0 spiro atoms. The van der Waals surface area contributed by atoms with Crippen LogP contribution in [0.2, 0.25) is 0 Å². The normalized spacial score (nSPS) is 48.0. The highest BCUT2D eigenvalue weighted by molar-refractivity contribution is 7.91. The quantitative estimate of drug-likeness (QED) is 0.382. The molecule has 1 aliphatic carbocycles. The molecule has 0 amide bonds. The first kappa shape index (κ1) is 8.40. The predicted molar refractivity (Wildman–Crippen MR) is 43.7 cm³/mol. The summed E-state index contributed by atoms with van der Waals surface area (Å²) in [5.41, 5.74) is 0. The van der Waals surface area contributed by atoms with Crippen LogP contribution in [-0.2, 0) is 24.2 Å². The molecular weight excluding hydrogens is 208 g/mol. The molecule has 6 heteroatoms. The monoisotopic (exact) mass is 216 g/mol. The van der Waals surface area contributed by atoms with Gasteiger partial charge in [-0.15, -0.1) is 0 Å². The number of hydrogen-bond acceptors (Lipinski definition) is 5. The van der Waals surface area contributed by atoms with E-state index in [1.807, 2.05) is 0 Å². The lowest BCUT2D eigenvalue weighted by atomic mass is 9.59. The molecule has 14 heavy (non-hydrogen) atoms. The maximum absolute atomic E-state index is 11.3. The summed E-state index contributed by atoms with van der Waals surface area (Å²) in [5.74, 6) is -2.23. The lowest BCUT2D eigenvalue weighted by Gasteiger charge is -2.38. The standard InChI is InChI=1S/C8H8O5S/c9-7-5-3-1-14(11,12)2-4(3)6(5)8(10)13-7/h3-6H,1-2H2. The second-order valence-corrected chi connectivity index (χ2v) is 6.35. The highest BCUT2D eigenvalue weighted by Crippen LogP contribution is 2.55. The Labute approximate surface area is 80.3 Å². The van der Waals surface area contributed by atoms with Crippen molar-refractivity contribution >= 4 is 21.8 Å². The van der Waals surface area contributed by atoms with E-state index in [1.54, 1.807) is 0 Å². The molecule has 4 atom stereocenters. The first-order valence-corrected chi connectivity index (χ1v) is 6.28. The Morgan fingerprint density at radius 1 is 1.00 bits per heavy atom. The number of carbonyl (C=O) groups excluding carboxylic acids is 2. The first-order chi connectivity index (χ1) is 6.49. The Morgan fingerprint density at radius 2 is 1.43 bits per heavy atom. The van der Waals surface area contributed by atoms with E-state index in [1.165, 1.54) is 0 Å². The minimum absolute atomic E-state index is 0.0429. The zero-order valence-corrected chi connectivity index (χ0v) is 7.99. The molecule has 2 heterocycles. The van der Waals surface area contributed by atoms with Crippen molar-refractivity contribution in [3.8, 4) is 0 Å². The smallest absolute Gasteiger partial charge is 0.317 e. The van der Waals surface area contributed by atoms with Gasteiger partial charge in [-0.25, -0.2) is 8.42 Å². The highest BCUT2D eigenvalue weighted by Gasteiger charge is 2.67. The van der Waals surface area contributed by atoms with Gasteiger partial charge in [0.1, 0.15) is 0 Å². The third kappa shape index (κ3) is 0.821. The average Bonchev–Trinajstić information content (AvgIpc) is 2.42. The summed E-state index contributed by atoms with van der Waals surface area (Å²) in [7, 11) is -3.03. The van der Waals surface area contributed by atoms with Crippen LogP contribution >= 0.6 is 0 Å². The van der Waals surface area contributed by atoms with Gasteiger partial charge in [0, 0.05) is 0 Å². The lowest BCUT2D eigenvalue weighted by molar-refractivity contribution is -0.153. The second kappa shape index (κ2) is 2.18. The summed E-state index contributed by atoms with van der Waals surface area (Å²) in [5, 5.41) is 0. The number of carbonyl (C=O) groups is 2. The van der Waals surface area contributed by atoms with Gasteiger partial charge >= 0.3 is 11.9 Å². The first-order valence-electron chi connectivity index (χ1n) is 4.45. The van der Waals surface area contributed by atoms with Gasteiger partial charge in [-0.05, 0) is 11.8 Å². The van der Waals surface area contributed by atoms with Gasteiger partial charge in [0.2, 0.25) is 0 Å². The van der Waals surface area contributed by atoms with Crippen LogP contribution in [-0.4, -0.2) is 31.9 Å². The molecule has 0 aromatic rings. The van der Waals surface area contributed by atoms with Crippen molar-refractivity contribution in [3.63, 3.8) is 0 Å². The number of rotatable bonds is 0. The Kier molecular flexibility index (Phi) is 1.31. The number of cyclic esters (lactones) is 2. The van der Waals surface area contributed by atoms with Crippen molar-refractivity contribution in [2.75, 3.05) is 11.5 Å². The van der Waals surface area contributed by atoms with E-state index in [2.05, 4.69) is 4.74 Å². The molecule has 76 valence electrons. The number of hydrogen-bond donors (Lipinski definition) is 0. The molecule has 5 nitrogen and oxygen atoms in total. The molecule has 0 radical (unpaired) electrons. The van der Waals surface area contributed by atoms with E-state index in [9.17, 15) is 18.0 Å². The highest BCUT2D eigenvalue weighted by atomic mass is 32.2.